The SMILES string of the molecule is Cc1cc(N)ccc1C(=O)NC1CCN2CCCCC12. The minimum absolute atomic E-state index is 0.0416. The molecule has 2 aliphatic rings. The molecule has 0 aliphatic carbocycles. The summed E-state index contributed by atoms with van der Waals surface area (Å²) in [7, 11) is 0. The number of piperidine rings is 1. The van der Waals surface area contributed by atoms with E-state index in [9.17, 15) is 4.79 Å². The number of hydrogen-bond acceptors (Lipinski definition) is 3. The van der Waals surface area contributed by atoms with E-state index < -0.39 is 0 Å². The Morgan fingerprint density at radius 3 is 2.95 bits per heavy atom. The molecule has 2 unspecified atom stereocenters. The average Bonchev–Trinajstić information content (AvgIpc) is 2.82. The molecule has 4 nitrogen and oxygen atoms in total. The zero-order chi connectivity index (χ0) is 14.1. The normalized spacial score (nSPS) is 26.2. The molecule has 2 aliphatic heterocycles. The molecule has 1 aromatic rings. The van der Waals surface area contributed by atoms with E-state index in [1.54, 1.807) is 6.07 Å². The number of carbonyl (C=O) groups excluding carboxylic acids is 1. The largest absolute Gasteiger partial charge is 0.399 e. The van der Waals surface area contributed by atoms with Crippen LogP contribution in [0, 0.1) is 6.92 Å². The van der Waals surface area contributed by atoms with E-state index in [0.717, 1.165) is 24.1 Å². The molecule has 1 aromatic carbocycles. The average molecular weight is 273 g/mol. The fourth-order valence-corrected chi connectivity index (χ4v) is 3.60. The lowest BCUT2D eigenvalue weighted by atomic mass is 9.98. The molecule has 0 spiro atoms. The van der Waals surface area contributed by atoms with Crippen molar-refractivity contribution >= 4 is 11.6 Å². The van der Waals surface area contributed by atoms with Crippen LogP contribution in [0.4, 0.5) is 5.69 Å². The summed E-state index contributed by atoms with van der Waals surface area (Å²) in [6.07, 6.45) is 4.87. The molecule has 3 rings (SSSR count). The standard InChI is InChI=1S/C16H23N3O/c1-11-10-12(17)5-6-13(11)16(20)18-14-7-9-19-8-3-2-4-15(14)19/h5-6,10,14-15H,2-4,7-9,17H2,1H3,(H,18,20). The van der Waals surface area contributed by atoms with Crippen LogP contribution in [0.3, 0.4) is 0 Å². The summed E-state index contributed by atoms with van der Waals surface area (Å²) >= 11 is 0. The predicted molar refractivity (Wildman–Crippen MR) is 80.7 cm³/mol. The molecule has 1 amide bonds. The predicted octanol–water partition coefficient (Wildman–Crippen LogP) is 1.93. The third-order valence-electron chi connectivity index (χ3n) is 4.67. The van der Waals surface area contributed by atoms with E-state index in [0.29, 0.717) is 17.8 Å². The van der Waals surface area contributed by atoms with Gasteiger partial charge in [-0.15, -0.1) is 0 Å². The lowest BCUT2D eigenvalue weighted by Crippen LogP contribution is -2.46. The molecule has 2 saturated heterocycles. The Labute approximate surface area is 120 Å². The summed E-state index contributed by atoms with van der Waals surface area (Å²) in [6, 6.07) is 6.33. The molecule has 0 radical (unpaired) electrons. The number of carbonyl (C=O) groups is 1. The van der Waals surface area contributed by atoms with Crippen molar-refractivity contribution in [3.8, 4) is 0 Å². The molecule has 4 heteroatoms. The molecular formula is C16H23N3O. The van der Waals surface area contributed by atoms with Gasteiger partial charge in [-0.05, 0) is 56.5 Å². The molecule has 2 atom stereocenters. The fraction of sp³-hybridized carbons (Fsp3) is 0.562. The number of nitrogens with zero attached hydrogens (tertiary/aromatic N) is 1. The number of amides is 1. The van der Waals surface area contributed by atoms with Crippen molar-refractivity contribution in [1.82, 2.24) is 10.2 Å². The number of aryl methyl sites for hydroxylation is 1. The molecule has 0 bridgehead atoms. The first-order valence-electron chi connectivity index (χ1n) is 7.56. The Kier molecular flexibility index (Phi) is 3.66. The Morgan fingerprint density at radius 1 is 1.30 bits per heavy atom. The van der Waals surface area contributed by atoms with Crippen LogP contribution in [0.1, 0.15) is 41.6 Å². The molecule has 0 aromatic heterocycles. The molecule has 20 heavy (non-hydrogen) atoms. The van der Waals surface area contributed by atoms with Gasteiger partial charge in [0.15, 0.2) is 0 Å². The summed E-state index contributed by atoms with van der Waals surface area (Å²) in [5, 5.41) is 3.23. The second-order valence-electron chi connectivity index (χ2n) is 6.04. The molecule has 2 heterocycles. The van der Waals surface area contributed by atoms with E-state index in [2.05, 4.69) is 10.2 Å². The number of benzene rings is 1. The van der Waals surface area contributed by atoms with Crippen molar-refractivity contribution in [2.24, 2.45) is 0 Å². The van der Waals surface area contributed by atoms with Crippen molar-refractivity contribution in [3.63, 3.8) is 0 Å². The van der Waals surface area contributed by atoms with Gasteiger partial charge in [-0.2, -0.15) is 0 Å². The minimum atomic E-state index is 0.0416. The number of rotatable bonds is 2. The lowest BCUT2D eigenvalue weighted by molar-refractivity contribution is 0.0915. The van der Waals surface area contributed by atoms with Crippen LogP contribution in [0.2, 0.25) is 0 Å². The lowest BCUT2D eigenvalue weighted by Gasteiger charge is -2.32. The van der Waals surface area contributed by atoms with Crippen LogP contribution in [0.25, 0.3) is 0 Å². The van der Waals surface area contributed by atoms with Gasteiger partial charge in [-0.25, -0.2) is 0 Å². The van der Waals surface area contributed by atoms with Crippen LogP contribution in [0.15, 0.2) is 18.2 Å². The van der Waals surface area contributed by atoms with Crippen LogP contribution in [-0.4, -0.2) is 36.0 Å². The monoisotopic (exact) mass is 273 g/mol. The molecule has 0 saturated carbocycles. The van der Waals surface area contributed by atoms with Crippen LogP contribution in [0.5, 0.6) is 0 Å². The third kappa shape index (κ3) is 2.52. The zero-order valence-corrected chi connectivity index (χ0v) is 12.1. The van der Waals surface area contributed by atoms with Gasteiger partial charge in [-0.1, -0.05) is 6.42 Å². The van der Waals surface area contributed by atoms with Crippen molar-refractivity contribution in [3.05, 3.63) is 29.3 Å². The summed E-state index contributed by atoms with van der Waals surface area (Å²) in [5.74, 6) is 0.0416. The topological polar surface area (TPSA) is 58.4 Å². The van der Waals surface area contributed by atoms with Crippen molar-refractivity contribution < 1.29 is 4.79 Å². The summed E-state index contributed by atoms with van der Waals surface area (Å²) in [6.45, 7) is 4.25. The molecule has 3 N–H and O–H groups in total. The van der Waals surface area contributed by atoms with E-state index in [1.165, 1.54) is 25.8 Å². The van der Waals surface area contributed by atoms with Crippen LogP contribution in [-0.2, 0) is 0 Å². The van der Waals surface area contributed by atoms with Gasteiger partial charge < -0.3 is 11.1 Å². The number of fused-ring (bicyclic) bond motifs is 1. The molecular weight excluding hydrogens is 250 g/mol. The number of hydrogen-bond donors (Lipinski definition) is 2. The highest BCUT2D eigenvalue weighted by Gasteiger charge is 2.36. The number of nitrogens with one attached hydrogen (secondary N) is 1. The first-order chi connectivity index (χ1) is 9.65. The minimum Gasteiger partial charge on any atom is -0.399 e. The van der Waals surface area contributed by atoms with Gasteiger partial charge in [0.2, 0.25) is 0 Å². The zero-order valence-electron chi connectivity index (χ0n) is 12.1. The first-order valence-corrected chi connectivity index (χ1v) is 7.56. The second-order valence-corrected chi connectivity index (χ2v) is 6.04. The maximum atomic E-state index is 12.4. The third-order valence-corrected chi connectivity index (χ3v) is 4.67. The molecule has 2 fully saturated rings. The highest BCUT2D eigenvalue weighted by atomic mass is 16.1. The highest BCUT2D eigenvalue weighted by Crippen LogP contribution is 2.27. The van der Waals surface area contributed by atoms with Gasteiger partial charge in [0, 0.05) is 29.9 Å². The van der Waals surface area contributed by atoms with E-state index in [-0.39, 0.29) is 5.91 Å². The summed E-state index contributed by atoms with van der Waals surface area (Å²) in [5.41, 5.74) is 8.14. The number of nitrogens with two attached hydrogens (primary N) is 1. The quantitative estimate of drug-likeness (QED) is 0.810. The fourth-order valence-electron chi connectivity index (χ4n) is 3.60. The van der Waals surface area contributed by atoms with E-state index >= 15 is 0 Å². The van der Waals surface area contributed by atoms with Crippen molar-refractivity contribution in [2.45, 2.75) is 44.7 Å². The van der Waals surface area contributed by atoms with E-state index in [4.69, 9.17) is 5.73 Å². The highest BCUT2D eigenvalue weighted by molar-refractivity contribution is 5.96. The van der Waals surface area contributed by atoms with Crippen LogP contribution < -0.4 is 11.1 Å². The van der Waals surface area contributed by atoms with Crippen molar-refractivity contribution in [1.29, 1.82) is 0 Å². The Hall–Kier alpha value is -1.55. The molecule has 108 valence electrons. The number of nitrogen functional groups attached to an aromatic ring is 1. The maximum absolute atomic E-state index is 12.4. The van der Waals surface area contributed by atoms with Gasteiger partial charge >= 0.3 is 0 Å². The Balaban J connectivity index is 1.69. The maximum Gasteiger partial charge on any atom is 0.251 e. The van der Waals surface area contributed by atoms with Crippen LogP contribution >= 0.6 is 0 Å². The number of anilines is 1. The van der Waals surface area contributed by atoms with Gasteiger partial charge in [0.25, 0.3) is 5.91 Å². The first kappa shape index (κ1) is 13.4. The Morgan fingerprint density at radius 2 is 2.15 bits per heavy atom. The summed E-state index contributed by atoms with van der Waals surface area (Å²) < 4.78 is 0. The van der Waals surface area contributed by atoms with Crippen molar-refractivity contribution in [2.75, 3.05) is 18.8 Å². The second kappa shape index (κ2) is 5.44. The van der Waals surface area contributed by atoms with Gasteiger partial charge in [0.05, 0.1) is 0 Å². The van der Waals surface area contributed by atoms with Gasteiger partial charge in [-0.3, -0.25) is 9.69 Å². The van der Waals surface area contributed by atoms with Gasteiger partial charge in [0.1, 0.15) is 0 Å². The van der Waals surface area contributed by atoms with E-state index in [1.807, 2.05) is 19.1 Å². The smallest absolute Gasteiger partial charge is 0.251 e. The Bertz CT molecular complexity index is 514. The summed E-state index contributed by atoms with van der Waals surface area (Å²) in [4.78, 5) is 15.0.